The summed E-state index contributed by atoms with van der Waals surface area (Å²) in [6.07, 6.45) is 2.44. The highest BCUT2D eigenvalue weighted by molar-refractivity contribution is 7.92. The number of amides is 1. The number of nitrogens with zero attached hydrogens (tertiary/aromatic N) is 4. The molecule has 0 aliphatic carbocycles. The van der Waals surface area contributed by atoms with Crippen LogP contribution in [-0.2, 0) is 21.9 Å². The Morgan fingerprint density at radius 1 is 1.38 bits per heavy atom. The highest BCUT2D eigenvalue weighted by Gasteiger charge is 2.27. The normalized spacial score (nSPS) is 14.3. The lowest BCUT2D eigenvalue weighted by atomic mass is 10.3. The predicted octanol–water partition coefficient (Wildman–Crippen LogP) is 1.23. The van der Waals surface area contributed by atoms with Gasteiger partial charge in [-0.05, 0) is 24.6 Å². The largest absolute Gasteiger partial charge is 0.495 e. The van der Waals surface area contributed by atoms with Gasteiger partial charge >= 0.3 is 0 Å². The first kappa shape index (κ1) is 17.8. The third kappa shape index (κ3) is 3.09. The van der Waals surface area contributed by atoms with Crippen LogP contribution in [0.1, 0.15) is 18.4 Å². The van der Waals surface area contributed by atoms with Gasteiger partial charge in [0.05, 0.1) is 13.3 Å². The van der Waals surface area contributed by atoms with Crippen molar-refractivity contribution >= 4 is 27.4 Å². The van der Waals surface area contributed by atoms with Crippen molar-refractivity contribution in [3.8, 4) is 11.8 Å². The first-order valence-electron chi connectivity index (χ1n) is 7.80. The molecule has 1 aromatic carbocycles. The van der Waals surface area contributed by atoms with Crippen molar-refractivity contribution in [2.45, 2.75) is 17.7 Å². The highest BCUT2D eigenvalue weighted by Crippen LogP contribution is 2.32. The third-order valence-electron chi connectivity index (χ3n) is 4.11. The van der Waals surface area contributed by atoms with E-state index in [-0.39, 0.29) is 27.9 Å². The Hall–Kier alpha value is -3.06. The Morgan fingerprint density at radius 3 is 2.77 bits per heavy atom. The molecule has 0 unspecified atom stereocenters. The van der Waals surface area contributed by atoms with Crippen LogP contribution in [0.2, 0.25) is 0 Å². The number of nitrogens with one attached hydrogen (secondary N) is 1. The topological polar surface area (TPSA) is 117 Å². The molecule has 26 heavy (non-hydrogen) atoms. The third-order valence-corrected chi connectivity index (χ3v) is 5.47. The molecular formula is C16H17N5O4S. The van der Waals surface area contributed by atoms with Crippen molar-refractivity contribution in [1.82, 2.24) is 9.78 Å². The number of hydrogen-bond donors (Lipinski definition) is 1. The molecule has 3 rings (SSSR count). The van der Waals surface area contributed by atoms with Gasteiger partial charge in [0.15, 0.2) is 5.82 Å². The fraction of sp³-hybridized carbons (Fsp3) is 0.312. The summed E-state index contributed by atoms with van der Waals surface area (Å²) in [5, 5.41) is 13.0. The van der Waals surface area contributed by atoms with Crippen LogP contribution in [-0.4, -0.2) is 37.8 Å². The first-order valence-corrected chi connectivity index (χ1v) is 9.29. The van der Waals surface area contributed by atoms with Gasteiger partial charge in [-0.1, -0.05) is 0 Å². The summed E-state index contributed by atoms with van der Waals surface area (Å²) in [6, 6.07) is 6.43. The molecule has 1 aliphatic heterocycles. The van der Waals surface area contributed by atoms with E-state index in [1.54, 1.807) is 11.0 Å². The summed E-state index contributed by atoms with van der Waals surface area (Å²) < 4.78 is 34.6. The van der Waals surface area contributed by atoms with Crippen LogP contribution in [0.4, 0.5) is 11.5 Å². The van der Waals surface area contributed by atoms with Crippen molar-refractivity contribution in [3.05, 3.63) is 30.0 Å². The van der Waals surface area contributed by atoms with Crippen molar-refractivity contribution < 1.29 is 17.9 Å². The quantitative estimate of drug-likeness (QED) is 0.840. The number of aromatic nitrogens is 2. The summed E-state index contributed by atoms with van der Waals surface area (Å²) in [5.41, 5.74) is 0.583. The monoisotopic (exact) mass is 375 g/mol. The van der Waals surface area contributed by atoms with E-state index in [1.165, 1.54) is 37.2 Å². The average Bonchev–Trinajstić information content (AvgIpc) is 3.20. The van der Waals surface area contributed by atoms with Gasteiger partial charge in [-0.3, -0.25) is 14.2 Å². The second-order valence-electron chi connectivity index (χ2n) is 5.73. The molecule has 2 heterocycles. The summed E-state index contributed by atoms with van der Waals surface area (Å²) in [6.45, 7) is 0.540. The smallest absolute Gasteiger partial charge is 0.266 e. The molecule has 136 valence electrons. The number of carbonyl (C=O) groups excluding carboxylic acids is 1. The molecule has 1 saturated heterocycles. The molecule has 9 nitrogen and oxygen atoms in total. The zero-order chi connectivity index (χ0) is 18.9. The molecule has 1 aliphatic rings. The number of hydrogen-bond acceptors (Lipinski definition) is 6. The number of methoxy groups -OCH3 is 1. The fourth-order valence-electron chi connectivity index (χ4n) is 2.79. The maximum Gasteiger partial charge on any atom is 0.266 e. The van der Waals surface area contributed by atoms with Gasteiger partial charge in [0, 0.05) is 25.7 Å². The van der Waals surface area contributed by atoms with Crippen LogP contribution >= 0.6 is 0 Å². The number of sulfonamides is 1. The molecule has 1 fully saturated rings. The zero-order valence-corrected chi connectivity index (χ0v) is 15.1. The Morgan fingerprint density at radius 2 is 2.15 bits per heavy atom. The number of benzene rings is 1. The Labute approximate surface area is 150 Å². The minimum absolute atomic E-state index is 0.0510. The lowest BCUT2D eigenvalue weighted by Gasteiger charge is -2.18. The lowest BCUT2D eigenvalue weighted by Crippen LogP contribution is -2.24. The van der Waals surface area contributed by atoms with Crippen molar-refractivity contribution in [3.63, 3.8) is 0 Å². The molecule has 0 spiro atoms. The maximum absolute atomic E-state index is 12.9. The second-order valence-corrected chi connectivity index (χ2v) is 7.38. The van der Waals surface area contributed by atoms with Crippen molar-refractivity contribution in [2.75, 3.05) is 23.3 Å². The van der Waals surface area contributed by atoms with E-state index in [4.69, 9.17) is 10.00 Å². The Bertz CT molecular complexity index is 1010. The minimum Gasteiger partial charge on any atom is -0.495 e. The van der Waals surface area contributed by atoms with Gasteiger partial charge in [-0.2, -0.15) is 10.4 Å². The highest BCUT2D eigenvalue weighted by atomic mass is 32.2. The van der Waals surface area contributed by atoms with Crippen LogP contribution in [0.15, 0.2) is 29.3 Å². The summed E-state index contributed by atoms with van der Waals surface area (Å²) in [7, 11) is -1.19. The van der Waals surface area contributed by atoms with Crippen LogP contribution in [0, 0.1) is 11.3 Å². The molecule has 1 N–H and O–H groups in total. The second kappa shape index (κ2) is 6.68. The summed E-state index contributed by atoms with van der Waals surface area (Å²) >= 11 is 0. The number of ether oxygens (including phenoxy) is 1. The number of nitriles is 1. The summed E-state index contributed by atoms with van der Waals surface area (Å²) in [5.74, 6) is 0.135. The molecule has 1 amide bonds. The Balaban J connectivity index is 2.04. The minimum atomic E-state index is -4.08. The lowest BCUT2D eigenvalue weighted by molar-refractivity contribution is -0.117. The van der Waals surface area contributed by atoms with Crippen LogP contribution in [0.5, 0.6) is 5.75 Å². The average molecular weight is 375 g/mol. The molecule has 0 atom stereocenters. The van der Waals surface area contributed by atoms with Gasteiger partial charge in [-0.25, -0.2) is 8.42 Å². The Kier molecular flexibility index (Phi) is 4.56. The molecule has 1 aromatic heterocycles. The molecule has 2 aromatic rings. The summed E-state index contributed by atoms with van der Waals surface area (Å²) in [4.78, 5) is 13.4. The maximum atomic E-state index is 12.9. The molecule has 10 heteroatoms. The van der Waals surface area contributed by atoms with Crippen molar-refractivity contribution in [2.24, 2.45) is 7.05 Å². The number of aryl methyl sites for hydroxylation is 1. The molecule has 0 saturated carbocycles. The van der Waals surface area contributed by atoms with Gasteiger partial charge in [0.1, 0.15) is 22.3 Å². The van der Waals surface area contributed by atoms with Crippen molar-refractivity contribution in [1.29, 1.82) is 5.26 Å². The van der Waals surface area contributed by atoms with E-state index < -0.39 is 10.0 Å². The van der Waals surface area contributed by atoms with E-state index in [0.717, 1.165) is 6.42 Å². The number of anilines is 2. The van der Waals surface area contributed by atoms with E-state index in [9.17, 15) is 13.2 Å². The molecular weight excluding hydrogens is 358 g/mol. The van der Waals surface area contributed by atoms with Crippen LogP contribution in [0.25, 0.3) is 0 Å². The van der Waals surface area contributed by atoms with Gasteiger partial charge in [-0.15, -0.1) is 0 Å². The van der Waals surface area contributed by atoms with Crippen LogP contribution < -0.4 is 14.4 Å². The molecule has 0 bridgehead atoms. The number of rotatable bonds is 5. The standard InChI is InChI=1S/C16H17N5O4S/c1-20-16(11(9-17)10-18-20)19-26(23,24)14-8-12(5-6-13(14)25-2)21-7-3-4-15(21)22/h5-6,8,10,19H,3-4,7H2,1-2H3. The number of carbonyl (C=O) groups is 1. The predicted molar refractivity (Wildman–Crippen MR) is 93.3 cm³/mol. The van der Waals surface area contributed by atoms with E-state index in [2.05, 4.69) is 9.82 Å². The van der Waals surface area contributed by atoms with Gasteiger partial charge < -0.3 is 9.64 Å². The van der Waals surface area contributed by atoms with E-state index in [1.807, 2.05) is 6.07 Å². The van der Waals surface area contributed by atoms with Gasteiger partial charge in [0.2, 0.25) is 5.91 Å². The van der Waals surface area contributed by atoms with Crippen LogP contribution in [0.3, 0.4) is 0 Å². The fourth-order valence-corrected chi connectivity index (χ4v) is 4.09. The van der Waals surface area contributed by atoms with E-state index in [0.29, 0.717) is 18.7 Å². The zero-order valence-electron chi connectivity index (χ0n) is 14.3. The SMILES string of the molecule is COc1ccc(N2CCCC2=O)cc1S(=O)(=O)Nc1c(C#N)cnn1C. The van der Waals surface area contributed by atoms with Gasteiger partial charge in [0.25, 0.3) is 10.0 Å². The van der Waals surface area contributed by atoms with E-state index >= 15 is 0 Å². The molecule has 0 radical (unpaired) electrons. The first-order chi connectivity index (χ1) is 12.4.